The number of hydrogen-bond acceptors (Lipinski definition) is 4. The molecule has 4 N–H and O–H groups in total. The molecule has 0 heterocycles. The molecule has 0 aliphatic heterocycles. The van der Waals surface area contributed by atoms with Crippen molar-refractivity contribution in [3.8, 4) is 0 Å². The molecular weight excluding hydrogens is 835 g/mol. The summed E-state index contributed by atoms with van der Waals surface area (Å²) in [5.41, 5.74) is 0. The van der Waals surface area contributed by atoms with E-state index in [4.69, 9.17) is 0 Å². The Kier molecular flexibility index (Phi) is 57.9. The van der Waals surface area contributed by atoms with Gasteiger partial charge in [-0.3, -0.25) is 4.79 Å². The number of nitrogens with one attached hydrogen (secondary N) is 1. The maximum Gasteiger partial charge on any atom is 0.220 e. The van der Waals surface area contributed by atoms with Gasteiger partial charge in [-0.2, -0.15) is 0 Å². The summed E-state index contributed by atoms with van der Waals surface area (Å²) in [6.07, 6.45) is 74.1. The molecular formula is C63H125NO4. The fourth-order valence-corrected chi connectivity index (χ4v) is 10.3. The fraction of sp³-hybridized carbons (Fsp3) is 0.952. The highest BCUT2D eigenvalue weighted by atomic mass is 16.3. The lowest BCUT2D eigenvalue weighted by Gasteiger charge is -2.26. The number of rotatable bonds is 59. The normalized spacial score (nSPS) is 13.2. The minimum absolute atomic E-state index is 0.145. The van der Waals surface area contributed by atoms with Crippen molar-refractivity contribution < 1.29 is 20.1 Å². The lowest BCUT2D eigenvalue weighted by atomic mass is 10.0. The molecule has 3 unspecified atom stereocenters. The summed E-state index contributed by atoms with van der Waals surface area (Å²) in [4.78, 5) is 12.5. The third-order valence-electron chi connectivity index (χ3n) is 15.1. The molecule has 0 aliphatic rings. The third-order valence-corrected chi connectivity index (χ3v) is 15.1. The van der Waals surface area contributed by atoms with E-state index in [2.05, 4.69) is 31.3 Å². The number of amides is 1. The van der Waals surface area contributed by atoms with Gasteiger partial charge < -0.3 is 20.6 Å². The van der Waals surface area contributed by atoms with Gasteiger partial charge in [-0.05, 0) is 38.5 Å². The summed E-state index contributed by atoms with van der Waals surface area (Å²) in [6, 6.07) is -0.823. The van der Waals surface area contributed by atoms with Crippen LogP contribution in [0.1, 0.15) is 361 Å². The molecule has 0 saturated carbocycles. The number of allylic oxidation sites excluding steroid dienone is 2. The Balaban J connectivity index is 3.47. The molecule has 0 saturated heterocycles. The number of aliphatic hydroxyl groups is 3. The smallest absolute Gasteiger partial charge is 0.220 e. The molecule has 5 heteroatoms. The predicted octanol–water partition coefficient (Wildman–Crippen LogP) is 19.8. The van der Waals surface area contributed by atoms with Crippen LogP contribution in [0.15, 0.2) is 12.2 Å². The fourth-order valence-electron chi connectivity index (χ4n) is 10.3. The Labute approximate surface area is 427 Å². The van der Waals surface area contributed by atoms with Gasteiger partial charge in [0.05, 0.1) is 18.8 Å². The first-order chi connectivity index (χ1) is 33.6. The predicted molar refractivity (Wildman–Crippen MR) is 301 cm³/mol. The van der Waals surface area contributed by atoms with E-state index < -0.39 is 18.2 Å². The number of hydrogen-bond donors (Lipinski definition) is 4. The number of aliphatic hydroxyl groups excluding tert-OH is 3. The minimum Gasteiger partial charge on any atom is -0.394 e. The molecule has 0 fully saturated rings. The minimum atomic E-state index is -1.16. The summed E-state index contributed by atoms with van der Waals surface area (Å²) in [6.45, 7) is 4.22. The van der Waals surface area contributed by atoms with Crippen molar-refractivity contribution in [2.24, 2.45) is 0 Å². The van der Waals surface area contributed by atoms with Gasteiger partial charge in [0.1, 0.15) is 6.10 Å². The molecule has 0 bridgehead atoms. The topological polar surface area (TPSA) is 89.8 Å². The maximum absolute atomic E-state index is 12.5. The maximum atomic E-state index is 12.5. The zero-order chi connectivity index (χ0) is 49.3. The Morgan fingerprint density at radius 1 is 0.353 bits per heavy atom. The van der Waals surface area contributed by atoms with Crippen molar-refractivity contribution in [2.75, 3.05) is 6.61 Å². The van der Waals surface area contributed by atoms with E-state index in [1.807, 2.05) is 0 Å². The molecule has 0 rings (SSSR count). The molecule has 5 nitrogen and oxygen atoms in total. The first-order valence-electron chi connectivity index (χ1n) is 31.5. The van der Waals surface area contributed by atoms with Crippen LogP contribution in [-0.4, -0.2) is 46.1 Å². The Hall–Kier alpha value is -0.910. The largest absolute Gasteiger partial charge is 0.394 e. The van der Waals surface area contributed by atoms with E-state index in [9.17, 15) is 20.1 Å². The van der Waals surface area contributed by atoms with Crippen LogP contribution in [-0.2, 0) is 4.79 Å². The average molecular weight is 961 g/mol. The molecule has 1 amide bonds. The second-order valence-corrected chi connectivity index (χ2v) is 22.0. The molecule has 0 aliphatic carbocycles. The Morgan fingerprint density at radius 2 is 0.588 bits per heavy atom. The van der Waals surface area contributed by atoms with E-state index in [1.54, 1.807) is 0 Å². The average Bonchev–Trinajstić information content (AvgIpc) is 3.34. The number of unbranched alkanes of at least 4 members (excludes halogenated alkanes) is 49. The standard InChI is InChI=1S/C63H125NO4/c1-3-5-7-9-11-13-15-17-19-21-23-25-26-27-28-29-30-31-32-33-34-35-36-38-40-42-44-46-48-50-52-54-56-58-62(67)64-60(59-65)63(68)61(66)57-55-53-51-49-47-45-43-41-39-37-24-22-20-18-16-14-12-10-8-6-4-2/h49,51,60-61,63,65-66,68H,3-48,50,52-59H2,1-2H3,(H,64,67)/b51-49+. The quantitative estimate of drug-likeness (QED) is 0.0361. The van der Waals surface area contributed by atoms with Crippen molar-refractivity contribution in [3.05, 3.63) is 12.2 Å². The number of carbonyl (C=O) groups excluding carboxylic acids is 1. The molecule has 68 heavy (non-hydrogen) atoms. The van der Waals surface area contributed by atoms with Crippen LogP contribution in [0.25, 0.3) is 0 Å². The van der Waals surface area contributed by atoms with Crippen LogP contribution < -0.4 is 5.32 Å². The summed E-state index contributed by atoms with van der Waals surface area (Å²) in [5.74, 6) is -0.145. The molecule has 0 aromatic rings. The second-order valence-electron chi connectivity index (χ2n) is 22.0. The Morgan fingerprint density at radius 3 is 0.853 bits per heavy atom. The van der Waals surface area contributed by atoms with Gasteiger partial charge in [-0.1, -0.05) is 328 Å². The third kappa shape index (κ3) is 52.9. The number of carbonyl (C=O) groups is 1. The first kappa shape index (κ1) is 67.1. The van der Waals surface area contributed by atoms with Crippen molar-refractivity contribution in [1.29, 1.82) is 0 Å². The van der Waals surface area contributed by atoms with Crippen molar-refractivity contribution in [3.63, 3.8) is 0 Å². The molecule has 0 spiro atoms. The zero-order valence-electron chi connectivity index (χ0n) is 46.5. The summed E-state index contributed by atoms with van der Waals surface area (Å²) in [7, 11) is 0. The van der Waals surface area contributed by atoms with Crippen molar-refractivity contribution in [2.45, 2.75) is 379 Å². The van der Waals surface area contributed by atoms with Gasteiger partial charge in [0.2, 0.25) is 5.91 Å². The van der Waals surface area contributed by atoms with Crippen LogP contribution in [0, 0.1) is 0 Å². The lowest BCUT2D eigenvalue weighted by Crippen LogP contribution is -2.50. The SMILES string of the molecule is CCCCCCCCCCCCCCCCCC/C=C/CCCC(O)C(O)C(CO)NC(=O)CCCCCCCCCCCCCCCCCCCCCCCCCCCCCCCCCCC. The zero-order valence-corrected chi connectivity index (χ0v) is 46.5. The van der Waals surface area contributed by atoms with Crippen LogP contribution in [0.2, 0.25) is 0 Å². The highest BCUT2D eigenvalue weighted by Gasteiger charge is 2.26. The van der Waals surface area contributed by atoms with E-state index in [-0.39, 0.29) is 12.5 Å². The molecule has 0 aromatic carbocycles. The van der Waals surface area contributed by atoms with Gasteiger partial charge in [0, 0.05) is 6.42 Å². The summed E-state index contributed by atoms with van der Waals surface area (Å²) < 4.78 is 0. The van der Waals surface area contributed by atoms with Crippen LogP contribution in [0.4, 0.5) is 0 Å². The molecule has 406 valence electrons. The lowest BCUT2D eigenvalue weighted by molar-refractivity contribution is -0.124. The van der Waals surface area contributed by atoms with Crippen LogP contribution in [0.5, 0.6) is 0 Å². The van der Waals surface area contributed by atoms with Crippen molar-refractivity contribution >= 4 is 5.91 Å². The molecule has 0 aromatic heterocycles. The van der Waals surface area contributed by atoms with Gasteiger partial charge in [0.15, 0.2) is 0 Å². The van der Waals surface area contributed by atoms with E-state index in [0.717, 1.165) is 38.5 Å². The second kappa shape index (κ2) is 58.7. The highest BCUT2D eigenvalue weighted by molar-refractivity contribution is 5.76. The van der Waals surface area contributed by atoms with Gasteiger partial charge >= 0.3 is 0 Å². The summed E-state index contributed by atoms with van der Waals surface area (Å²) >= 11 is 0. The van der Waals surface area contributed by atoms with Crippen LogP contribution in [0.3, 0.4) is 0 Å². The van der Waals surface area contributed by atoms with Gasteiger partial charge in [-0.15, -0.1) is 0 Å². The monoisotopic (exact) mass is 960 g/mol. The van der Waals surface area contributed by atoms with E-state index >= 15 is 0 Å². The molecule has 0 radical (unpaired) electrons. The Bertz CT molecular complexity index is 971. The first-order valence-corrected chi connectivity index (χ1v) is 31.5. The summed E-state index contributed by atoms with van der Waals surface area (Å²) in [5, 5.41) is 33.8. The van der Waals surface area contributed by atoms with Crippen LogP contribution >= 0.6 is 0 Å². The van der Waals surface area contributed by atoms with E-state index in [1.165, 1.54) is 295 Å². The van der Waals surface area contributed by atoms with Crippen molar-refractivity contribution in [1.82, 2.24) is 5.32 Å². The van der Waals surface area contributed by atoms with E-state index in [0.29, 0.717) is 12.8 Å². The highest BCUT2D eigenvalue weighted by Crippen LogP contribution is 2.19. The van der Waals surface area contributed by atoms with Gasteiger partial charge in [-0.25, -0.2) is 0 Å². The molecule has 3 atom stereocenters. The van der Waals surface area contributed by atoms with Gasteiger partial charge in [0.25, 0.3) is 0 Å².